The van der Waals surface area contributed by atoms with Crippen LogP contribution in [-0.2, 0) is 9.16 Å². The summed E-state index contributed by atoms with van der Waals surface area (Å²) in [5.41, 5.74) is 2.25. The van der Waals surface area contributed by atoms with E-state index in [1.165, 1.54) is 16.8 Å². The highest BCUT2D eigenvalue weighted by Gasteiger charge is 2.39. The third-order valence-electron chi connectivity index (χ3n) is 5.25. The highest BCUT2D eigenvalue weighted by molar-refractivity contribution is 6.74. The number of rotatable bonds is 6. The molecule has 0 bridgehead atoms. The fraction of sp³-hybridized carbons (Fsp3) is 0.524. The predicted octanol–water partition coefficient (Wildman–Crippen LogP) is 5.58. The number of benzene rings is 1. The lowest BCUT2D eigenvalue weighted by atomic mass is 10.1. The van der Waals surface area contributed by atoms with Crippen LogP contribution in [0.4, 0.5) is 4.39 Å². The predicted molar refractivity (Wildman–Crippen MR) is 111 cm³/mol. The molecule has 7 heteroatoms. The molecule has 1 heterocycles. The maximum absolute atomic E-state index is 14.1. The van der Waals surface area contributed by atoms with Gasteiger partial charge in [0.2, 0.25) is 0 Å². The van der Waals surface area contributed by atoms with Gasteiger partial charge in [0, 0.05) is 5.56 Å². The molecule has 0 aliphatic heterocycles. The van der Waals surface area contributed by atoms with E-state index in [4.69, 9.17) is 9.16 Å². The number of aryl methyl sites for hydroxylation is 1. The lowest BCUT2D eigenvalue weighted by molar-refractivity contribution is 0.0515. The average Bonchev–Trinajstić information content (AvgIpc) is 2.95. The fourth-order valence-corrected chi connectivity index (χ4v) is 4.12. The fourth-order valence-electron chi connectivity index (χ4n) is 2.76. The quantitative estimate of drug-likeness (QED) is 0.464. The van der Waals surface area contributed by atoms with Crippen LogP contribution in [0.5, 0.6) is 0 Å². The topological polar surface area (TPSA) is 53.3 Å². The van der Waals surface area contributed by atoms with Gasteiger partial charge in [-0.3, -0.25) is 0 Å². The number of ether oxygens (including phenoxy) is 1. The Morgan fingerprint density at radius 2 is 1.93 bits per heavy atom. The van der Waals surface area contributed by atoms with Gasteiger partial charge >= 0.3 is 5.97 Å². The van der Waals surface area contributed by atoms with Crippen molar-refractivity contribution in [2.45, 2.75) is 65.8 Å². The summed E-state index contributed by atoms with van der Waals surface area (Å²) in [4.78, 5) is 12.4. The van der Waals surface area contributed by atoms with Crippen LogP contribution in [0.2, 0.25) is 18.1 Å². The Morgan fingerprint density at radius 3 is 2.50 bits per heavy atom. The van der Waals surface area contributed by atoms with Gasteiger partial charge in [-0.25, -0.2) is 13.9 Å². The third-order valence-corrected chi connectivity index (χ3v) is 9.80. The van der Waals surface area contributed by atoms with E-state index in [0.29, 0.717) is 22.6 Å². The molecule has 2 rings (SSSR count). The van der Waals surface area contributed by atoms with Crippen molar-refractivity contribution in [1.29, 1.82) is 0 Å². The molecule has 0 saturated carbocycles. The lowest BCUT2D eigenvalue weighted by Gasteiger charge is -2.38. The van der Waals surface area contributed by atoms with Gasteiger partial charge in [0.05, 0.1) is 24.1 Å². The Balaban J connectivity index is 2.54. The maximum Gasteiger partial charge on any atom is 0.357 e. The molecule has 0 saturated heterocycles. The first-order valence-corrected chi connectivity index (χ1v) is 12.5. The van der Waals surface area contributed by atoms with Gasteiger partial charge in [-0.05, 0) is 63.2 Å². The minimum atomic E-state index is -2.08. The molecule has 5 nitrogen and oxygen atoms in total. The molecule has 154 valence electrons. The van der Waals surface area contributed by atoms with Crippen LogP contribution in [0.15, 0.2) is 24.3 Å². The van der Waals surface area contributed by atoms with Crippen LogP contribution in [0, 0.1) is 12.7 Å². The van der Waals surface area contributed by atoms with E-state index in [-0.39, 0.29) is 23.6 Å². The van der Waals surface area contributed by atoms with Gasteiger partial charge in [0.1, 0.15) is 5.82 Å². The Bertz CT molecular complexity index is 856. The Hall–Kier alpha value is -1.99. The summed E-state index contributed by atoms with van der Waals surface area (Å²) in [5, 5.41) is 4.47. The zero-order chi connectivity index (χ0) is 21.3. The summed E-state index contributed by atoms with van der Waals surface area (Å²) in [5.74, 6) is -0.817. The van der Waals surface area contributed by atoms with Crippen molar-refractivity contribution in [2.24, 2.45) is 0 Å². The molecule has 1 atom stereocenters. The average molecular weight is 407 g/mol. The first kappa shape index (κ1) is 22.3. The zero-order valence-electron chi connectivity index (χ0n) is 18.1. The van der Waals surface area contributed by atoms with E-state index in [2.05, 4.69) is 39.0 Å². The highest BCUT2D eigenvalue weighted by Crippen LogP contribution is 2.40. The Kier molecular flexibility index (Phi) is 6.50. The lowest BCUT2D eigenvalue weighted by Crippen LogP contribution is -2.41. The number of hydrogen-bond acceptors (Lipinski definition) is 4. The number of esters is 1. The summed E-state index contributed by atoms with van der Waals surface area (Å²) in [6.07, 6.45) is -0.355. The van der Waals surface area contributed by atoms with E-state index in [9.17, 15) is 9.18 Å². The van der Waals surface area contributed by atoms with E-state index < -0.39 is 14.3 Å². The van der Waals surface area contributed by atoms with Crippen molar-refractivity contribution < 1.29 is 18.3 Å². The van der Waals surface area contributed by atoms with Crippen LogP contribution < -0.4 is 0 Å². The first-order chi connectivity index (χ1) is 12.9. The summed E-state index contributed by atoms with van der Waals surface area (Å²) in [6.45, 7) is 16.5. The maximum atomic E-state index is 14.1. The van der Waals surface area contributed by atoms with Crippen molar-refractivity contribution in [3.63, 3.8) is 0 Å². The summed E-state index contributed by atoms with van der Waals surface area (Å²) < 4.78 is 27.3. The third kappa shape index (κ3) is 4.70. The number of carbonyl (C=O) groups excluding carboxylic acids is 1. The van der Waals surface area contributed by atoms with Crippen molar-refractivity contribution in [3.05, 3.63) is 47.0 Å². The van der Waals surface area contributed by atoms with Crippen molar-refractivity contribution in [3.8, 4) is 5.69 Å². The van der Waals surface area contributed by atoms with Crippen LogP contribution in [0.25, 0.3) is 5.69 Å². The normalized spacial score (nSPS) is 13.5. The van der Waals surface area contributed by atoms with Gasteiger partial charge in [-0.15, -0.1) is 0 Å². The second-order valence-corrected chi connectivity index (χ2v) is 13.3. The van der Waals surface area contributed by atoms with Crippen LogP contribution in [-0.4, -0.2) is 30.7 Å². The molecule has 1 aromatic carbocycles. The minimum absolute atomic E-state index is 0.0210. The van der Waals surface area contributed by atoms with Crippen LogP contribution in [0.1, 0.15) is 62.5 Å². The standard InChI is InChI=1S/C21H31FN2O3Si/c1-9-26-20(25)19-12-14(2)23-24(19)18-11-10-16(22)13-17(18)15(3)27-28(7,8)21(4,5)6/h10-13,15H,9H2,1-8H3. The highest BCUT2D eigenvalue weighted by atomic mass is 28.4. The molecule has 28 heavy (non-hydrogen) atoms. The molecule has 0 N–H and O–H groups in total. The molecular formula is C21H31FN2O3Si. The van der Waals surface area contributed by atoms with Crippen molar-refractivity contribution in [2.75, 3.05) is 6.61 Å². The smallest absolute Gasteiger partial charge is 0.357 e. The van der Waals surface area contributed by atoms with Crippen molar-refractivity contribution in [1.82, 2.24) is 9.78 Å². The van der Waals surface area contributed by atoms with E-state index in [1.807, 2.05) is 6.92 Å². The number of carbonyl (C=O) groups is 1. The second-order valence-electron chi connectivity index (χ2n) is 8.53. The molecule has 0 aliphatic rings. The van der Waals surface area contributed by atoms with Gasteiger partial charge in [0.25, 0.3) is 0 Å². The van der Waals surface area contributed by atoms with Gasteiger partial charge in [-0.2, -0.15) is 5.10 Å². The summed E-state index contributed by atoms with van der Waals surface area (Å²) in [7, 11) is -2.08. The Morgan fingerprint density at radius 1 is 1.29 bits per heavy atom. The molecule has 2 aromatic rings. The molecule has 0 radical (unpaired) electrons. The van der Waals surface area contributed by atoms with E-state index in [1.54, 1.807) is 26.0 Å². The monoisotopic (exact) mass is 406 g/mol. The molecule has 1 aromatic heterocycles. The van der Waals surface area contributed by atoms with E-state index in [0.717, 1.165) is 0 Å². The minimum Gasteiger partial charge on any atom is -0.461 e. The van der Waals surface area contributed by atoms with Crippen LogP contribution in [0.3, 0.4) is 0 Å². The molecule has 1 unspecified atom stereocenters. The van der Waals surface area contributed by atoms with Crippen molar-refractivity contribution >= 4 is 14.3 Å². The van der Waals surface area contributed by atoms with Gasteiger partial charge < -0.3 is 9.16 Å². The summed E-state index contributed by atoms with van der Waals surface area (Å²) in [6, 6.07) is 6.12. The SMILES string of the molecule is CCOC(=O)c1cc(C)nn1-c1ccc(F)cc1C(C)O[Si](C)(C)C(C)(C)C. The van der Waals surface area contributed by atoms with Gasteiger partial charge in [0.15, 0.2) is 14.0 Å². The second kappa shape index (κ2) is 8.17. The number of nitrogens with zero attached hydrogens (tertiary/aromatic N) is 2. The number of hydrogen-bond donors (Lipinski definition) is 0. The summed E-state index contributed by atoms with van der Waals surface area (Å²) >= 11 is 0. The molecule has 0 spiro atoms. The number of halogens is 1. The van der Waals surface area contributed by atoms with Gasteiger partial charge in [-0.1, -0.05) is 20.8 Å². The molecular weight excluding hydrogens is 375 g/mol. The molecule has 0 fully saturated rings. The van der Waals surface area contributed by atoms with E-state index >= 15 is 0 Å². The number of aromatic nitrogens is 2. The molecule has 0 aliphatic carbocycles. The first-order valence-electron chi connectivity index (χ1n) is 9.59. The molecule has 0 amide bonds. The van der Waals surface area contributed by atoms with Crippen LogP contribution >= 0.6 is 0 Å². The zero-order valence-corrected chi connectivity index (χ0v) is 19.1. The Labute approximate surface area is 168 Å². The largest absolute Gasteiger partial charge is 0.461 e.